The zero-order chi connectivity index (χ0) is 16.1. The van der Waals surface area contributed by atoms with Crippen molar-refractivity contribution >= 4 is 23.3 Å². The van der Waals surface area contributed by atoms with Gasteiger partial charge >= 0.3 is 0 Å². The van der Waals surface area contributed by atoms with Gasteiger partial charge in [0.2, 0.25) is 5.91 Å². The summed E-state index contributed by atoms with van der Waals surface area (Å²) in [7, 11) is 0. The van der Waals surface area contributed by atoms with E-state index >= 15 is 0 Å². The van der Waals surface area contributed by atoms with Crippen LogP contribution < -0.4 is 5.32 Å². The molecule has 0 radical (unpaired) electrons. The smallest absolute Gasteiger partial charge is 0.226 e. The molecule has 3 rings (SSSR count). The number of fused-ring (bicyclic) bond motifs is 1. The van der Waals surface area contributed by atoms with Crippen LogP contribution in [0.2, 0.25) is 5.02 Å². The molecule has 0 aliphatic carbocycles. The quantitative estimate of drug-likeness (QED) is 0.865. The van der Waals surface area contributed by atoms with Gasteiger partial charge in [-0.2, -0.15) is 5.10 Å². The van der Waals surface area contributed by atoms with Crippen molar-refractivity contribution in [1.82, 2.24) is 9.78 Å². The average molecular weight is 322 g/mol. The van der Waals surface area contributed by atoms with E-state index in [0.29, 0.717) is 16.4 Å². The summed E-state index contributed by atoms with van der Waals surface area (Å²) in [6.07, 6.45) is 1.84. The number of nitrogens with zero attached hydrogens (tertiary/aromatic N) is 2. The van der Waals surface area contributed by atoms with Crippen LogP contribution in [-0.4, -0.2) is 15.7 Å². The number of rotatable bonds is 1. The van der Waals surface area contributed by atoms with Crippen LogP contribution in [0.3, 0.4) is 0 Å². The molecule has 1 aromatic heterocycles. The number of halogens is 2. The van der Waals surface area contributed by atoms with Gasteiger partial charge in [0.15, 0.2) is 0 Å². The van der Waals surface area contributed by atoms with Gasteiger partial charge in [0.05, 0.1) is 11.7 Å². The Hall–Kier alpha value is -1.88. The summed E-state index contributed by atoms with van der Waals surface area (Å²) in [4.78, 5) is 12.1. The number of aromatic nitrogens is 2. The predicted octanol–water partition coefficient (Wildman–Crippen LogP) is 3.90. The Kier molecular flexibility index (Phi) is 3.48. The van der Waals surface area contributed by atoms with E-state index in [2.05, 4.69) is 10.4 Å². The molecule has 0 fully saturated rings. The molecule has 22 heavy (non-hydrogen) atoms. The Balaban J connectivity index is 2.18. The molecule has 0 saturated heterocycles. The molecule has 0 spiro atoms. The number of amides is 1. The number of carbonyl (C=O) groups excluding carboxylic acids is 1. The SMILES string of the molecule is CC(C)(C)n1ncc2c1NC(=O)C[C@@H]2c1c(F)cccc1Cl. The van der Waals surface area contributed by atoms with Crippen molar-refractivity contribution in [2.45, 2.75) is 38.6 Å². The molecule has 0 bridgehead atoms. The lowest BCUT2D eigenvalue weighted by Gasteiger charge is -2.28. The van der Waals surface area contributed by atoms with Crippen LogP contribution in [0, 0.1) is 5.82 Å². The van der Waals surface area contributed by atoms with Gasteiger partial charge in [-0.1, -0.05) is 17.7 Å². The maximum absolute atomic E-state index is 14.3. The molecule has 0 saturated carbocycles. The van der Waals surface area contributed by atoms with Gasteiger partial charge in [0.25, 0.3) is 0 Å². The summed E-state index contributed by atoms with van der Waals surface area (Å²) >= 11 is 6.17. The third-order valence-corrected chi connectivity index (χ3v) is 4.13. The van der Waals surface area contributed by atoms with E-state index in [1.54, 1.807) is 23.0 Å². The van der Waals surface area contributed by atoms with Crippen LogP contribution in [0.25, 0.3) is 0 Å². The van der Waals surface area contributed by atoms with Crippen molar-refractivity contribution < 1.29 is 9.18 Å². The molecular weight excluding hydrogens is 305 g/mol. The molecule has 2 heterocycles. The fraction of sp³-hybridized carbons (Fsp3) is 0.375. The summed E-state index contributed by atoms with van der Waals surface area (Å²) in [5.74, 6) is -0.369. The van der Waals surface area contributed by atoms with Crippen molar-refractivity contribution in [2.75, 3.05) is 5.32 Å². The third kappa shape index (κ3) is 2.39. The molecule has 1 amide bonds. The molecule has 116 valence electrons. The van der Waals surface area contributed by atoms with Crippen LogP contribution in [-0.2, 0) is 10.3 Å². The largest absolute Gasteiger partial charge is 0.311 e. The van der Waals surface area contributed by atoms with Crippen molar-refractivity contribution in [3.8, 4) is 0 Å². The fourth-order valence-electron chi connectivity index (χ4n) is 2.83. The topological polar surface area (TPSA) is 46.9 Å². The lowest BCUT2D eigenvalue weighted by Crippen LogP contribution is -2.30. The molecule has 6 heteroatoms. The van der Waals surface area contributed by atoms with Crippen molar-refractivity contribution in [2.24, 2.45) is 0 Å². The van der Waals surface area contributed by atoms with Crippen molar-refractivity contribution in [3.63, 3.8) is 0 Å². The number of hydrogen-bond acceptors (Lipinski definition) is 2. The van der Waals surface area contributed by atoms with Gasteiger partial charge in [0, 0.05) is 28.5 Å². The van der Waals surface area contributed by atoms with Gasteiger partial charge in [0.1, 0.15) is 11.6 Å². The highest BCUT2D eigenvalue weighted by atomic mass is 35.5. The van der Waals surface area contributed by atoms with Gasteiger partial charge in [-0.05, 0) is 32.9 Å². The van der Waals surface area contributed by atoms with Crippen LogP contribution in [0.1, 0.15) is 44.2 Å². The zero-order valence-electron chi connectivity index (χ0n) is 12.7. The second-order valence-corrected chi connectivity index (χ2v) is 6.88. The van der Waals surface area contributed by atoms with Crippen molar-refractivity contribution in [3.05, 3.63) is 46.4 Å². The average Bonchev–Trinajstić information content (AvgIpc) is 2.81. The molecule has 1 N–H and O–H groups in total. The standard InChI is InChI=1S/C16H17ClFN3O/c1-16(2,3)21-15-10(8-19-21)9(7-13(22)20-15)14-11(17)5-4-6-12(14)18/h4-6,8-9H,7H2,1-3H3,(H,20,22)/t9-/m0/s1. The number of anilines is 1. The first kappa shape index (κ1) is 15.0. The third-order valence-electron chi connectivity index (χ3n) is 3.80. The highest BCUT2D eigenvalue weighted by Gasteiger charge is 2.34. The van der Waals surface area contributed by atoms with E-state index in [-0.39, 0.29) is 17.9 Å². The summed E-state index contributed by atoms with van der Waals surface area (Å²) in [5, 5.41) is 7.55. The molecule has 1 aliphatic heterocycles. The Labute approximate surface area is 133 Å². The van der Waals surface area contributed by atoms with Gasteiger partial charge in [-0.25, -0.2) is 9.07 Å². The second-order valence-electron chi connectivity index (χ2n) is 6.47. The van der Waals surface area contributed by atoms with Crippen LogP contribution >= 0.6 is 11.6 Å². The first-order valence-electron chi connectivity index (χ1n) is 7.11. The fourth-order valence-corrected chi connectivity index (χ4v) is 3.12. The van der Waals surface area contributed by atoms with Crippen LogP contribution in [0.4, 0.5) is 10.2 Å². The molecule has 1 aromatic carbocycles. The number of nitrogens with one attached hydrogen (secondary N) is 1. The maximum atomic E-state index is 14.3. The Bertz CT molecular complexity index is 728. The van der Waals surface area contributed by atoms with Crippen LogP contribution in [0.5, 0.6) is 0 Å². The molecule has 0 unspecified atom stereocenters. The van der Waals surface area contributed by atoms with E-state index in [0.717, 1.165) is 5.56 Å². The number of hydrogen-bond donors (Lipinski definition) is 1. The van der Waals surface area contributed by atoms with E-state index < -0.39 is 11.7 Å². The first-order valence-corrected chi connectivity index (χ1v) is 7.49. The second kappa shape index (κ2) is 5.09. The summed E-state index contributed by atoms with van der Waals surface area (Å²) in [5.41, 5.74) is 0.858. The monoisotopic (exact) mass is 321 g/mol. The van der Waals surface area contributed by atoms with Gasteiger partial charge in [-0.3, -0.25) is 4.79 Å². The van der Waals surface area contributed by atoms with Crippen molar-refractivity contribution in [1.29, 1.82) is 0 Å². The Morgan fingerprint density at radius 1 is 1.41 bits per heavy atom. The zero-order valence-corrected chi connectivity index (χ0v) is 13.4. The van der Waals surface area contributed by atoms with Gasteiger partial charge in [-0.15, -0.1) is 0 Å². The minimum atomic E-state index is -0.423. The molecular formula is C16H17ClFN3O. The Morgan fingerprint density at radius 3 is 2.77 bits per heavy atom. The lowest BCUT2D eigenvalue weighted by molar-refractivity contribution is -0.116. The van der Waals surface area contributed by atoms with E-state index in [1.165, 1.54) is 6.07 Å². The van der Waals surface area contributed by atoms with Gasteiger partial charge < -0.3 is 5.32 Å². The highest BCUT2D eigenvalue weighted by Crippen LogP contribution is 2.41. The molecule has 1 atom stereocenters. The normalized spacial score (nSPS) is 18.0. The molecule has 1 aliphatic rings. The molecule has 4 nitrogen and oxygen atoms in total. The first-order chi connectivity index (χ1) is 10.3. The maximum Gasteiger partial charge on any atom is 0.226 e. The number of carbonyl (C=O) groups is 1. The summed E-state index contributed by atoms with van der Waals surface area (Å²) in [6.45, 7) is 5.98. The van der Waals surface area contributed by atoms with E-state index in [9.17, 15) is 9.18 Å². The van der Waals surface area contributed by atoms with E-state index in [1.807, 2.05) is 20.8 Å². The Morgan fingerprint density at radius 2 is 2.14 bits per heavy atom. The minimum Gasteiger partial charge on any atom is -0.311 e. The van der Waals surface area contributed by atoms with E-state index in [4.69, 9.17) is 11.6 Å². The highest BCUT2D eigenvalue weighted by molar-refractivity contribution is 6.31. The molecule has 2 aromatic rings. The predicted molar refractivity (Wildman–Crippen MR) is 83.7 cm³/mol. The number of benzene rings is 1. The minimum absolute atomic E-state index is 0.156. The van der Waals surface area contributed by atoms with Crippen LogP contribution in [0.15, 0.2) is 24.4 Å². The lowest BCUT2D eigenvalue weighted by atomic mass is 9.87. The summed E-state index contributed by atoms with van der Waals surface area (Å²) in [6, 6.07) is 4.56. The summed E-state index contributed by atoms with van der Waals surface area (Å²) < 4.78 is 16.0.